The van der Waals surface area contributed by atoms with Gasteiger partial charge >= 0.3 is 0 Å². The maximum absolute atomic E-state index is 6.19. The van der Waals surface area contributed by atoms with E-state index >= 15 is 0 Å². The van der Waals surface area contributed by atoms with Crippen molar-refractivity contribution >= 4 is 0 Å². The van der Waals surface area contributed by atoms with Gasteiger partial charge in [-0.15, -0.1) is 0 Å². The Morgan fingerprint density at radius 3 is 2.35 bits per heavy atom. The average molecular weight is 236 g/mol. The molecule has 2 atom stereocenters. The minimum absolute atomic E-state index is 0.0107. The van der Waals surface area contributed by atoms with Gasteiger partial charge in [-0.3, -0.25) is 0 Å². The first-order chi connectivity index (χ1) is 8.01. The van der Waals surface area contributed by atoms with Crippen LogP contribution in [-0.4, -0.2) is 13.7 Å². The predicted octanol–water partition coefficient (Wildman–Crippen LogP) is 2.41. The first-order valence-electron chi connectivity index (χ1n) is 6.14. The fraction of sp³-hybridized carbons (Fsp3) is 0.571. The molecule has 0 aliphatic heterocycles. The summed E-state index contributed by atoms with van der Waals surface area (Å²) < 4.78 is 5.36. The maximum Gasteiger partial charge on any atom is 0.122 e. The molecule has 0 aliphatic rings. The van der Waals surface area contributed by atoms with Crippen molar-refractivity contribution in [1.29, 1.82) is 0 Å². The topological polar surface area (TPSA) is 61.3 Å². The molecule has 0 radical (unpaired) electrons. The molecule has 3 nitrogen and oxygen atoms in total. The van der Waals surface area contributed by atoms with Crippen LogP contribution >= 0.6 is 0 Å². The lowest BCUT2D eigenvalue weighted by molar-refractivity contribution is 0.406. The molecule has 4 N–H and O–H groups in total. The molecule has 0 saturated carbocycles. The van der Waals surface area contributed by atoms with Crippen LogP contribution in [0.15, 0.2) is 18.2 Å². The quantitative estimate of drug-likeness (QED) is 0.825. The smallest absolute Gasteiger partial charge is 0.122 e. The van der Waals surface area contributed by atoms with Crippen LogP contribution in [0.4, 0.5) is 0 Å². The van der Waals surface area contributed by atoms with Crippen molar-refractivity contribution in [2.75, 3.05) is 13.7 Å². The molecule has 0 bridgehead atoms. The Balaban J connectivity index is 3.07. The van der Waals surface area contributed by atoms with E-state index in [1.807, 2.05) is 12.1 Å². The number of benzene rings is 1. The van der Waals surface area contributed by atoms with Gasteiger partial charge in [0.25, 0.3) is 0 Å². The van der Waals surface area contributed by atoms with Crippen LogP contribution in [0.1, 0.15) is 43.9 Å². The molecule has 0 aliphatic carbocycles. The standard InChI is InChI=1S/C14H24N2O/c1-9(2)12-7-11(5-6-13(12)17-4)14(16)10(3)8-15/h5-7,9-10,14H,8,15-16H2,1-4H3. The van der Waals surface area contributed by atoms with Gasteiger partial charge in [-0.1, -0.05) is 32.9 Å². The van der Waals surface area contributed by atoms with Crippen molar-refractivity contribution in [1.82, 2.24) is 0 Å². The summed E-state index contributed by atoms with van der Waals surface area (Å²) in [6, 6.07) is 6.15. The largest absolute Gasteiger partial charge is 0.496 e. The van der Waals surface area contributed by atoms with E-state index in [1.54, 1.807) is 7.11 Å². The van der Waals surface area contributed by atoms with Crippen molar-refractivity contribution in [3.63, 3.8) is 0 Å². The third-order valence-corrected chi connectivity index (χ3v) is 3.25. The van der Waals surface area contributed by atoms with E-state index in [1.165, 1.54) is 5.56 Å². The Morgan fingerprint density at radius 1 is 1.24 bits per heavy atom. The van der Waals surface area contributed by atoms with E-state index < -0.39 is 0 Å². The lowest BCUT2D eigenvalue weighted by atomic mass is 9.91. The third-order valence-electron chi connectivity index (χ3n) is 3.25. The molecule has 96 valence electrons. The van der Waals surface area contributed by atoms with Gasteiger partial charge in [0.15, 0.2) is 0 Å². The van der Waals surface area contributed by atoms with Crippen molar-refractivity contribution in [2.45, 2.75) is 32.7 Å². The van der Waals surface area contributed by atoms with Gasteiger partial charge < -0.3 is 16.2 Å². The monoisotopic (exact) mass is 236 g/mol. The fourth-order valence-electron chi connectivity index (χ4n) is 1.89. The fourth-order valence-corrected chi connectivity index (χ4v) is 1.89. The number of nitrogens with two attached hydrogens (primary N) is 2. The molecule has 0 amide bonds. The Bertz CT molecular complexity index is 363. The van der Waals surface area contributed by atoms with Crippen LogP contribution in [0.2, 0.25) is 0 Å². The molecule has 0 spiro atoms. The number of hydrogen-bond donors (Lipinski definition) is 2. The zero-order chi connectivity index (χ0) is 13.0. The number of rotatable bonds is 5. The van der Waals surface area contributed by atoms with Crippen LogP contribution in [0.5, 0.6) is 5.75 Å². The summed E-state index contributed by atoms with van der Waals surface area (Å²) in [6.45, 7) is 6.98. The van der Waals surface area contributed by atoms with Crippen LogP contribution in [0, 0.1) is 5.92 Å². The van der Waals surface area contributed by atoms with Crippen LogP contribution in [-0.2, 0) is 0 Å². The van der Waals surface area contributed by atoms with Gasteiger partial charge in [-0.2, -0.15) is 0 Å². The van der Waals surface area contributed by atoms with Crippen LogP contribution < -0.4 is 16.2 Å². The van der Waals surface area contributed by atoms with Gasteiger partial charge in [0.2, 0.25) is 0 Å². The summed E-state index contributed by atoms with van der Waals surface area (Å²) in [5, 5.41) is 0. The van der Waals surface area contributed by atoms with Crippen molar-refractivity contribution in [3.8, 4) is 5.75 Å². The Labute approximate surface area is 104 Å². The molecule has 2 unspecified atom stereocenters. The lowest BCUT2D eigenvalue weighted by Crippen LogP contribution is -2.25. The lowest BCUT2D eigenvalue weighted by Gasteiger charge is -2.21. The number of methoxy groups -OCH3 is 1. The van der Waals surface area contributed by atoms with Crippen molar-refractivity contribution < 1.29 is 4.74 Å². The highest BCUT2D eigenvalue weighted by Gasteiger charge is 2.16. The highest BCUT2D eigenvalue weighted by atomic mass is 16.5. The van der Waals surface area contributed by atoms with Gasteiger partial charge in [0, 0.05) is 6.04 Å². The van der Waals surface area contributed by atoms with E-state index in [9.17, 15) is 0 Å². The minimum atomic E-state index is -0.0107. The Hall–Kier alpha value is -1.06. The molecule has 0 saturated heterocycles. The molecule has 0 fully saturated rings. The molecular formula is C14H24N2O. The van der Waals surface area contributed by atoms with Crippen molar-refractivity contribution in [2.24, 2.45) is 17.4 Å². The molecule has 1 rings (SSSR count). The molecule has 17 heavy (non-hydrogen) atoms. The molecule has 3 heteroatoms. The third kappa shape index (κ3) is 3.20. The van der Waals surface area contributed by atoms with E-state index in [0.717, 1.165) is 11.3 Å². The summed E-state index contributed by atoms with van der Waals surface area (Å²) in [7, 11) is 1.70. The number of ether oxygens (including phenoxy) is 1. The molecule has 1 aromatic rings. The average Bonchev–Trinajstić information content (AvgIpc) is 2.35. The highest BCUT2D eigenvalue weighted by Crippen LogP contribution is 2.30. The van der Waals surface area contributed by atoms with E-state index in [4.69, 9.17) is 16.2 Å². The van der Waals surface area contributed by atoms with E-state index in [2.05, 4.69) is 26.8 Å². The summed E-state index contributed by atoms with van der Waals surface area (Å²) in [6.07, 6.45) is 0. The zero-order valence-corrected chi connectivity index (χ0v) is 11.2. The SMILES string of the molecule is COc1ccc(C(N)C(C)CN)cc1C(C)C. The number of hydrogen-bond acceptors (Lipinski definition) is 3. The van der Waals surface area contributed by atoms with Crippen molar-refractivity contribution in [3.05, 3.63) is 29.3 Å². The zero-order valence-electron chi connectivity index (χ0n) is 11.2. The normalized spacial score (nSPS) is 14.8. The predicted molar refractivity (Wildman–Crippen MR) is 72.2 cm³/mol. The summed E-state index contributed by atoms with van der Waals surface area (Å²) in [5.74, 6) is 1.63. The molecule has 0 heterocycles. The van der Waals surface area contributed by atoms with Crippen LogP contribution in [0.3, 0.4) is 0 Å². The minimum Gasteiger partial charge on any atom is -0.496 e. The maximum atomic E-state index is 6.19. The van der Waals surface area contributed by atoms with Gasteiger partial charge in [-0.05, 0) is 35.6 Å². The molecular weight excluding hydrogens is 212 g/mol. The Kier molecular flexibility index (Phi) is 4.97. The van der Waals surface area contributed by atoms with E-state index in [-0.39, 0.29) is 12.0 Å². The molecule has 0 aromatic heterocycles. The second-order valence-electron chi connectivity index (χ2n) is 4.89. The summed E-state index contributed by atoms with van der Waals surface area (Å²) >= 11 is 0. The highest BCUT2D eigenvalue weighted by molar-refractivity contribution is 5.40. The second-order valence-corrected chi connectivity index (χ2v) is 4.89. The Morgan fingerprint density at radius 2 is 1.88 bits per heavy atom. The van der Waals surface area contributed by atoms with Crippen LogP contribution in [0.25, 0.3) is 0 Å². The second kappa shape index (κ2) is 6.03. The van der Waals surface area contributed by atoms with Gasteiger partial charge in [-0.25, -0.2) is 0 Å². The van der Waals surface area contributed by atoms with E-state index in [0.29, 0.717) is 12.5 Å². The van der Waals surface area contributed by atoms with Gasteiger partial charge in [0.1, 0.15) is 5.75 Å². The summed E-state index contributed by atoms with van der Waals surface area (Å²) in [5.41, 5.74) is 14.2. The summed E-state index contributed by atoms with van der Waals surface area (Å²) in [4.78, 5) is 0. The first-order valence-corrected chi connectivity index (χ1v) is 6.14. The van der Waals surface area contributed by atoms with Gasteiger partial charge in [0.05, 0.1) is 7.11 Å². The molecule has 1 aromatic carbocycles. The first kappa shape index (κ1) is 14.0.